The maximum Gasteiger partial charge on any atom is 0.254 e. The Hall–Kier alpha value is -1.64. The van der Waals surface area contributed by atoms with Crippen LogP contribution in [0.1, 0.15) is 10.4 Å². The Labute approximate surface area is 143 Å². The number of β-amino-alcohol motifs (C(OH)–C–C–N with tert-alkyl or cyclic N) is 1. The average Bonchev–Trinajstić information content (AvgIpc) is 2.86. The molecule has 7 nitrogen and oxygen atoms in total. The van der Waals surface area contributed by atoms with Gasteiger partial charge in [0, 0.05) is 58.4 Å². The van der Waals surface area contributed by atoms with Crippen molar-refractivity contribution in [2.24, 2.45) is 5.92 Å². The third-order valence-electron chi connectivity index (χ3n) is 4.28. The second kappa shape index (κ2) is 7.08. The average molecular weight is 355 g/mol. The molecule has 0 bridgehead atoms. The third kappa shape index (κ3) is 4.06. The number of benzene rings is 1. The summed E-state index contributed by atoms with van der Waals surface area (Å²) in [7, 11) is 3.30. The van der Waals surface area contributed by atoms with Crippen molar-refractivity contribution in [1.29, 1.82) is 0 Å². The standard InChI is InChI=1S/C16H25N3O4S/c1-17(2)14-7-5-6-12(8-14)16(21)19-9-13(15(20)10-19)11-24(22,23)18(3)4/h5-8,13,15,20H,9-11H2,1-4H3. The fraction of sp³-hybridized carbons (Fsp3) is 0.562. The van der Waals surface area contributed by atoms with Crippen LogP contribution in [0.4, 0.5) is 5.69 Å². The fourth-order valence-electron chi connectivity index (χ4n) is 2.70. The number of carbonyl (C=O) groups is 1. The Morgan fingerprint density at radius 3 is 2.50 bits per heavy atom. The highest BCUT2D eigenvalue weighted by Crippen LogP contribution is 2.23. The highest BCUT2D eigenvalue weighted by atomic mass is 32.2. The van der Waals surface area contributed by atoms with Crippen molar-refractivity contribution in [2.75, 3.05) is 51.9 Å². The van der Waals surface area contributed by atoms with E-state index >= 15 is 0 Å². The molecule has 1 N–H and O–H groups in total. The maximum atomic E-state index is 12.6. The molecular weight excluding hydrogens is 330 g/mol. The van der Waals surface area contributed by atoms with Crippen LogP contribution < -0.4 is 4.90 Å². The van der Waals surface area contributed by atoms with Gasteiger partial charge >= 0.3 is 0 Å². The molecule has 2 unspecified atom stereocenters. The van der Waals surface area contributed by atoms with Gasteiger partial charge in [0.05, 0.1) is 11.9 Å². The number of aliphatic hydroxyl groups excluding tert-OH is 1. The zero-order chi connectivity index (χ0) is 18.1. The lowest BCUT2D eigenvalue weighted by Crippen LogP contribution is -2.33. The number of hydrogen-bond acceptors (Lipinski definition) is 5. The SMILES string of the molecule is CN(C)c1cccc(C(=O)N2CC(O)C(CS(=O)(=O)N(C)C)C2)c1. The first-order valence-corrected chi connectivity index (χ1v) is 9.37. The molecule has 0 radical (unpaired) electrons. The Balaban J connectivity index is 2.11. The number of carbonyl (C=O) groups excluding carboxylic acids is 1. The largest absolute Gasteiger partial charge is 0.391 e. The van der Waals surface area contributed by atoms with Crippen molar-refractivity contribution < 1.29 is 18.3 Å². The van der Waals surface area contributed by atoms with Crippen LogP contribution in [0.5, 0.6) is 0 Å². The number of aliphatic hydroxyl groups is 1. The van der Waals surface area contributed by atoms with E-state index in [0.29, 0.717) is 5.56 Å². The topological polar surface area (TPSA) is 81.2 Å². The molecule has 2 atom stereocenters. The normalized spacial score (nSPS) is 21.3. The van der Waals surface area contributed by atoms with Gasteiger partial charge in [-0.3, -0.25) is 4.79 Å². The lowest BCUT2D eigenvalue weighted by Gasteiger charge is -2.19. The van der Waals surface area contributed by atoms with Gasteiger partial charge < -0.3 is 14.9 Å². The van der Waals surface area contributed by atoms with Gasteiger partial charge in [-0.25, -0.2) is 12.7 Å². The summed E-state index contributed by atoms with van der Waals surface area (Å²) in [6.45, 7) is 0.387. The van der Waals surface area contributed by atoms with Crippen LogP contribution >= 0.6 is 0 Å². The van der Waals surface area contributed by atoms with Gasteiger partial charge in [-0.15, -0.1) is 0 Å². The summed E-state index contributed by atoms with van der Waals surface area (Å²) in [5.74, 6) is -0.830. The van der Waals surface area contributed by atoms with E-state index in [0.717, 1.165) is 9.99 Å². The number of likely N-dealkylation sites (tertiary alicyclic amines) is 1. The predicted octanol–water partition coefficient (Wildman–Crippen LogP) is 0.0769. The van der Waals surface area contributed by atoms with Crippen LogP contribution in [-0.2, 0) is 10.0 Å². The van der Waals surface area contributed by atoms with Crippen molar-refractivity contribution >= 4 is 21.6 Å². The Bertz CT molecular complexity index is 703. The molecule has 24 heavy (non-hydrogen) atoms. The molecule has 0 saturated carbocycles. The highest BCUT2D eigenvalue weighted by molar-refractivity contribution is 7.89. The van der Waals surface area contributed by atoms with Crippen LogP contribution in [-0.4, -0.2) is 81.8 Å². The number of amides is 1. The van der Waals surface area contributed by atoms with Crippen LogP contribution in [0.15, 0.2) is 24.3 Å². The predicted molar refractivity (Wildman–Crippen MR) is 93.6 cm³/mol. The number of sulfonamides is 1. The lowest BCUT2D eigenvalue weighted by molar-refractivity contribution is 0.0765. The van der Waals surface area contributed by atoms with E-state index in [1.807, 2.05) is 31.1 Å². The molecule has 1 heterocycles. The molecular formula is C16H25N3O4S. The summed E-state index contributed by atoms with van der Waals surface area (Å²) in [6, 6.07) is 7.23. The van der Waals surface area contributed by atoms with E-state index in [9.17, 15) is 18.3 Å². The molecule has 1 aliphatic rings. The van der Waals surface area contributed by atoms with Gasteiger partial charge in [0.15, 0.2) is 0 Å². The molecule has 0 spiro atoms. The zero-order valence-electron chi connectivity index (χ0n) is 14.5. The highest BCUT2D eigenvalue weighted by Gasteiger charge is 2.37. The van der Waals surface area contributed by atoms with Crippen LogP contribution in [0.2, 0.25) is 0 Å². The Morgan fingerprint density at radius 1 is 1.25 bits per heavy atom. The molecule has 1 amide bonds. The van der Waals surface area contributed by atoms with E-state index in [-0.39, 0.29) is 24.7 Å². The number of rotatable bonds is 5. The fourth-order valence-corrected chi connectivity index (χ4v) is 3.87. The van der Waals surface area contributed by atoms with Crippen LogP contribution in [0, 0.1) is 5.92 Å². The van der Waals surface area contributed by atoms with E-state index in [1.165, 1.54) is 19.0 Å². The Kier molecular flexibility index (Phi) is 5.52. The Morgan fingerprint density at radius 2 is 1.92 bits per heavy atom. The first-order valence-electron chi connectivity index (χ1n) is 7.76. The number of nitrogens with zero attached hydrogens (tertiary/aromatic N) is 3. The van der Waals surface area contributed by atoms with E-state index in [1.54, 1.807) is 12.1 Å². The van der Waals surface area contributed by atoms with Crippen molar-refractivity contribution in [1.82, 2.24) is 9.21 Å². The quantitative estimate of drug-likeness (QED) is 0.809. The molecule has 134 valence electrons. The minimum absolute atomic E-state index is 0.151. The van der Waals surface area contributed by atoms with Gasteiger partial charge in [0.25, 0.3) is 5.91 Å². The summed E-state index contributed by atoms with van der Waals surface area (Å²) in [5.41, 5.74) is 1.44. The second-order valence-corrected chi connectivity index (χ2v) is 8.77. The molecule has 0 aliphatic carbocycles. The minimum Gasteiger partial charge on any atom is -0.391 e. The van der Waals surface area contributed by atoms with Crippen LogP contribution in [0.25, 0.3) is 0 Å². The molecule has 0 aromatic heterocycles. The molecule has 8 heteroatoms. The third-order valence-corrected chi connectivity index (χ3v) is 6.25. The first-order chi connectivity index (χ1) is 11.1. The molecule has 1 saturated heterocycles. The summed E-state index contributed by atoms with van der Waals surface area (Å²) >= 11 is 0. The van der Waals surface area contributed by atoms with Gasteiger partial charge in [0.1, 0.15) is 0 Å². The monoisotopic (exact) mass is 355 g/mol. The molecule has 1 aliphatic heterocycles. The summed E-state index contributed by atoms with van der Waals surface area (Å²) < 4.78 is 25.2. The van der Waals surface area contributed by atoms with Gasteiger partial charge in [-0.1, -0.05) is 6.07 Å². The van der Waals surface area contributed by atoms with Crippen molar-refractivity contribution in [3.8, 4) is 0 Å². The van der Waals surface area contributed by atoms with Crippen LogP contribution in [0.3, 0.4) is 0 Å². The van der Waals surface area contributed by atoms with Gasteiger partial charge in [-0.05, 0) is 18.2 Å². The maximum absolute atomic E-state index is 12.6. The molecule has 1 aromatic carbocycles. The van der Waals surface area contributed by atoms with Crippen molar-refractivity contribution in [3.63, 3.8) is 0 Å². The smallest absolute Gasteiger partial charge is 0.254 e. The van der Waals surface area contributed by atoms with E-state index in [4.69, 9.17) is 0 Å². The summed E-state index contributed by atoms with van der Waals surface area (Å²) in [6.07, 6.45) is -0.833. The number of hydrogen-bond donors (Lipinski definition) is 1. The first kappa shape index (κ1) is 18.7. The second-order valence-electron chi connectivity index (χ2n) is 6.54. The van der Waals surface area contributed by atoms with Crippen molar-refractivity contribution in [3.05, 3.63) is 29.8 Å². The molecule has 1 fully saturated rings. The molecule has 2 rings (SSSR count). The van der Waals surface area contributed by atoms with Gasteiger partial charge in [-0.2, -0.15) is 0 Å². The van der Waals surface area contributed by atoms with Gasteiger partial charge in [0.2, 0.25) is 10.0 Å². The molecule has 1 aromatic rings. The summed E-state index contributed by atoms with van der Waals surface area (Å²) in [5, 5.41) is 10.2. The van der Waals surface area contributed by atoms with E-state index < -0.39 is 22.0 Å². The summed E-state index contributed by atoms with van der Waals surface area (Å²) in [4.78, 5) is 16.1. The van der Waals surface area contributed by atoms with E-state index in [2.05, 4.69) is 0 Å². The minimum atomic E-state index is -3.42. The number of anilines is 1. The lowest BCUT2D eigenvalue weighted by atomic mass is 10.1. The zero-order valence-corrected chi connectivity index (χ0v) is 15.3. The van der Waals surface area contributed by atoms with Crippen molar-refractivity contribution in [2.45, 2.75) is 6.10 Å².